The molecule has 1 amide bonds. The first-order valence-electron chi connectivity index (χ1n) is 5.48. The lowest BCUT2D eigenvalue weighted by atomic mass is 10.2. The van der Waals surface area contributed by atoms with Gasteiger partial charge >= 0.3 is 0 Å². The number of nitrogens with one attached hydrogen (secondary N) is 1. The molecule has 0 saturated carbocycles. The zero-order chi connectivity index (χ0) is 14.7. The number of nitrogens with zero attached hydrogens (tertiary/aromatic N) is 1. The highest BCUT2D eigenvalue weighted by molar-refractivity contribution is 6.04. The lowest BCUT2D eigenvalue weighted by Gasteiger charge is -2.07. The summed E-state index contributed by atoms with van der Waals surface area (Å²) >= 11 is 0. The molecule has 0 aliphatic heterocycles. The second kappa shape index (κ2) is 5.60. The number of rotatable bonds is 3. The third-order valence-corrected chi connectivity index (χ3v) is 2.48. The topological polar surface area (TPSA) is 51.2 Å². The first kappa shape index (κ1) is 13.9. The van der Waals surface area contributed by atoms with Crippen molar-refractivity contribution in [2.75, 3.05) is 12.4 Å². The fourth-order valence-corrected chi connectivity index (χ4v) is 1.50. The molecule has 0 aliphatic carbocycles. The van der Waals surface area contributed by atoms with E-state index in [9.17, 15) is 18.0 Å². The standard InChI is InChI=1S/C13H9F3N2O2/c1-20-10-6-7(2-3-8(10)14)13(19)17-9-4-5-11(15)18-12(9)16/h2-6H,1H3,(H,17,19). The first-order chi connectivity index (χ1) is 9.51. The van der Waals surface area contributed by atoms with E-state index in [1.807, 2.05) is 0 Å². The van der Waals surface area contributed by atoms with E-state index in [0.29, 0.717) is 0 Å². The van der Waals surface area contributed by atoms with E-state index in [4.69, 9.17) is 4.74 Å². The Kier molecular flexibility index (Phi) is 3.88. The van der Waals surface area contributed by atoms with E-state index in [1.54, 1.807) is 0 Å². The van der Waals surface area contributed by atoms with Gasteiger partial charge in [-0.15, -0.1) is 0 Å². The van der Waals surface area contributed by atoms with E-state index < -0.39 is 23.6 Å². The maximum Gasteiger partial charge on any atom is 0.255 e. The van der Waals surface area contributed by atoms with Crippen LogP contribution in [0.2, 0.25) is 0 Å². The van der Waals surface area contributed by atoms with Gasteiger partial charge in [0, 0.05) is 5.56 Å². The summed E-state index contributed by atoms with van der Waals surface area (Å²) in [6.07, 6.45) is 0. The summed E-state index contributed by atoms with van der Waals surface area (Å²) in [5, 5.41) is 2.20. The highest BCUT2D eigenvalue weighted by atomic mass is 19.1. The fraction of sp³-hybridized carbons (Fsp3) is 0.0769. The van der Waals surface area contributed by atoms with Crippen LogP contribution in [0, 0.1) is 17.7 Å². The van der Waals surface area contributed by atoms with Gasteiger partial charge in [-0.2, -0.15) is 13.8 Å². The minimum Gasteiger partial charge on any atom is -0.494 e. The summed E-state index contributed by atoms with van der Waals surface area (Å²) in [6.45, 7) is 0. The summed E-state index contributed by atoms with van der Waals surface area (Å²) in [4.78, 5) is 14.8. The zero-order valence-corrected chi connectivity index (χ0v) is 10.3. The minimum absolute atomic E-state index is 0.0620. The third-order valence-electron chi connectivity index (χ3n) is 2.48. The third kappa shape index (κ3) is 2.87. The highest BCUT2D eigenvalue weighted by Crippen LogP contribution is 2.19. The van der Waals surface area contributed by atoms with Crippen LogP contribution in [-0.2, 0) is 0 Å². The number of hydrogen-bond donors (Lipinski definition) is 1. The van der Waals surface area contributed by atoms with E-state index in [2.05, 4.69) is 10.3 Å². The van der Waals surface area contributed by atoms with Gasteiger partial charge in [0.2, 0.25) is 11.9 Å². The van der Waals surface area contributed by atoms with Gasteiger partial charge in [-0.25, -0.2) is 4.39 Å². The number of anilines is 1. The van der Waals surface area contributed by atoms with E-state index >= 15 is 0 Å². The largest absolute Gasteiger partial charge is 0.494 e. The molecule has 7 heteroatoms. The van der Waals surface area contributed by atoms with Crippen molar-refractivity contribution in [1.82, 2.24) is 4.98 Å². The van der Waals surface area contributed by atoms with Crippen LogP contribution in [0.3, 0.4) is 0 Å². The molecular formula is C13H9F3N2O2. The fourth-order valence-electron chi connectivity index (χ4n) is 1.50. The van der Waals surface area contributed by atoms with E-state index in [1.165, 1.54) is 19.2 Å². The lowest BCUT2D eigenvalue weighted by Crippen LogP contribution is -2.14. The molecule has 0 unspecified atom stereocenters. The van der Waals surface area contributed by atoms with Gasteiger partial charge in [-0.1, -0.05) is 0 Å². The molecule has 1 aromatic heterocycles. The molecule has 0 saturated heterocycles. The number of methoxy groups -OCH3 is 1. The number of aromatic nitrogens is 1. The van der Waals surface area contributed by atoms with Gasteiger partial charge in [0.25, 0.3) is 5.91 Å². The van der Waals surface area contributed by atoms with Crippen molar-refractivity contribution >= 4 is 11.6 Å². The van der Waals surface area contributed by atoms with Gasteiger partial charge in [-0.3, -0.25) is 4.79 Å². The Bertz CT molecular complexity index is 662. The molecular weight excluding hydrogens is 273 g/mol. The number of ether oxygens (including phenoxy) is 1. The second-order valence-electron chi connectivity index (χ2n) is 3.78. The lowest BCUT2D eigenvalue weighted by molar-refractivity contribution is 0.102. The number of carbonyl (C=O) groups excluding carboxylic acids is 1. The Morgan fingerprint density at radius 2 is 1.95 bits per heavy atom. The predicted octanol–water partition coefficient (Wildman–Crippen LogP) is 2.76. The number of carbonyl (C=O) groups is 1. The summed E-state index contributed by atoms with van der Waals surface area (Å²) in [6, 6.07) is 5.37. The van der Waals surface area contributed by atoms with Crippen LogP contribution in [0.25, 0.3) is 0 Å². The summed E-state index contributed by atoms with van der Waals surface area (Å²) in [7, 11) is 1.25. The maximum absolute atomic E-state index is 13.3. The van der Waals surface area contributed by atoms with Crippen LogP contribution in [0.5, 0.6) is 5.75 Å². The molecule has 4 nitrogen and oxygen atoms in total. The summed E-state index contributed by atoms with van der Waals surface area (Å²) < 4.78 is 43.8. The average molecular weight is 282 g/mol. The molecule has 0 fully saturated rings. The molecule has 2 aromatic rings. The first-order valence-corrected chi connectivity index (χ1v) is 5.48. The van der Waals surface area contributed by atoms with Crippen LogP contribution < -0.4 is 10.1 Å². The molecule has 0 radical (unpaired) electrons. The molecule has 1 N–H and O–H groups in total. The monoisotopic (exact) mass is 282 g/mol. The van der Waals surface area contributed by atoms with Gasteiger partial charge < -0.3 is 10.1 Å². The Hall–Kier alpha value is -2.57. The van der Waals surface area contributed by atoms with Crippen molar-refractivity contribution in [3.05, 3.63) is 53.6 Å². The molecule has 20 heavy (non-hydrogen) atoms. The van der Waals surface area contributed by atoms with E-state index in [-0.39, 0.29) is 17.0 Å². The highest BCUT2D eigenvalue weighted by Gasteiger charge is 2.13. The minimum atomic E-state index is -1.15. The second-order valence-corrected chi connectivity index (χ2v) is 3.78. The zero-order valence-electron chi connectivity index (χ0n) is 10.3. The van der Waals surface area contributed by atoms with Gasteiger partial charge in [0.05, 0.1) is 12.8 Å². The number of pyridine rings is 1. The van der Waals surface area contributed by atoms with Crippen molar-refractivity contribution in [3.63, 3.8) is 0 Å². The van der Waals surface area contributed by atoms with Crippen molar-refractivity contribution in [2.45, 2.75) is 0 Å². The molecule has 0 aliphatic rings. The smallest absolute Gasteiger partial charge is 0.255 e. The maximum atomic E-state index is 13.3. The van der Waals surface area contributed by atoms with Crippen LogP contribution in [0.1, 0.15) is 10.4 Å². The van der Waals surface area contributed by atoms with Gasteiger partial charge in [-0.05, 0) is 30.3 Å². The molecule has 0 bridgehead atoms. The van der Waals surface area contributed by atoms with Gasteiger partial charge in [0.1, 0.15) is 0 Å². The quantitative estimate of drug-likeness (QED) is 0.881. The van der Waals surface area contributed by atoms with E-state index in [0.717, 1.165) is 18.2 Å². The Labute approximate surface area is 112 Å². The Morgan fingerprint density at radius 3 is 2.60 bits per heavy atom. The molecule has 1 heterocycles. The molecule has 1 aromatic carbocycles. The molecule has 0 spiro atoms. The number of amides is 1. The summed E-state index contributed by atoms with van der Waals surface area (Å²) in [5.74, 6) is -3.58. The van der Waals surface area contributed by atoms with Crippen LogP contribution in [0.15, 0.2) is 30.3 Å². The molecule has 104 valence electrons. The Morgan fingerprint density at radius 1 is 1.20 bits per heavy atom. The molecule has 2 rings (SSSR count). The van der Waals surface area contributed by atoms with Gasteiger partial charge in [0.15, 0.2) is 11.6 Å². The summed E-state index contributed by atoms with van der Waals surface area (Å²) in [5.41, 5.74) is -0.216. The van der Waals surface area contributed by atoms with Crippen LogP contribution >= 0.6 is 0 Å². The van der Waals surface area contributed by atoms with Crippen molar-refractivity contribution in [2.24, 2.45) is 0 Å². The normalized spacial score (nSPS) is 10.2. The number of benzene rings is 1. The predicted molar refractivity (Wildman–Crippen MR) is 65.1 cm³/mol. The van der Waals surface area contributed by atoms with Crippen LogP contribution in [-0.4, -0.2) is 18.0 Å². The SMILES string of the molecule is COc1cc(C(=O)Nc2ccc(F)nc2F)ccc1F. The van der Waals surface area contributed by atoms with Crippen molar-refractivity contribution in [3.8, 4) is 5.75 Å². The number of halogens is 3. The van der Waals surface area contributed by atoms with Crippen molar-refractivity contribution in [1.29, 1.82) is 0 Å². The molecule has 0 atom stereocenters. The number of hydrogen-bond acceptors (Lipinski definition) is 3. The van der Waals surface area contributed by atoms with Crippen molar-refractivity contribution < 1.29 is 22.7 Å². The van der Waals surface area contributed by atoms with Crippen LogP contribution in [0.4, 0.5) is 18.9 Å². The average Bonchev–Trinajstić information content (AvgIpc) is 2.42. The Balaban J connectivity index is 2.24.